The first kappa shape index (κ1) is 19.9. The molecule has 0 bridgehead atoms. The van der Waals surface area contributed by atoms with Crippen LogP contribution in [0.4, 0.5) is 11.4 Å². The van der Waals surface area contributed by atoms with Gasteiger partial charge in [-0.1, -0.05) is 0 Å². The molecule has 0 aliphatic rings. The molecule has 0 spiro atoms. The minimum atomic E-state index is -0.237. The second-order valence-corrected chi connectivity index (χ2v) is 6.17. The molecule has 3 aromatic carbocycles. The topological polar surface area (TPSA) is 76.7 Å². The van der Waals surface area contributed by atoms with E-state index >= 15 is 0 Å². The summed E-state index contributed by atoms with van der Waals surface area (Å²) in [7, 11) is 1.59. The molecule has 2 amide bonds. The van der Waals surface area contributed by atoms with Crippen LogP contribution in [0.15, 0.2) is 72.8 Å². The third kappa shape index (κ3) is 5.35. The van der Waals surface area contributed by atoms with Gasteiger partial charge in [0.15, 0.2) is 0 Å². The molecule has 2 N–H and O–H groups in total. The van der Waals surface area contributed by atoms with Gasteiger partial charge in [-0.25, -0.2) is 0 Å². The number of ether oxygens (including phenoxy) is 2. The molecule has 0 aromatic heterocycles. The monoisotopic (exact) mass is 390 g/mol. The third-order valence-electron chi connectivity index (χ3n) is 4.18. The van der Waals surface area contributed by atoms with Gasteiger partial charge >= 0.3 is 0 Å². The van der Waals surface area contributed by atoms with Gasteiger partial charge in [-0.2, -0.15) is 0 Å². The van der Waals surface area contributed by atoms with E-state index in [1.807, 2.05) is 6.92 Å². The highest BCUT2D eigenvalue weighted by molar-refractivity contribution is 6.06. The summed E-state index contributed by atoms with van der Waals surface area (Å²) < 4.78 is 10.5. The average molecular weight is 390 g/mol. The Bertz CT molecular complexity index is 965. The number of benzene rings is 3. The van der Waals surface area contributed by atoms with Crippen LogP contribution < -0.4 is 20.1 Å². The van der Waals surface area contributed by atoms with Crippen LogP contribution in [0.2, 0.25) is 0 Å². The Labute approximate surface area is 169 Å². The lowest BCUT2D eigenvalue weighted by Gasteiger charge is -2.09. The van der Waals surface area contributed by atoms with Crippen molar-refractivity contribution in [2.24, 2.45) is 0 Å². The summed E-state index contributed by atoms with van der Waals surface area (Å²) in [4.78, 5) is 24.7. The summed E-state index contributed by atoms with van der Waals surface area (Å²) in [6.45, 7) is 2.48. The van der Waals surface area contributed by atoms with E-state index in [1.54, 1.807) is 79.9 Å². The Hall–Kier alpha value is -3.80. The fraction of sp³-hybridized carbons (Fsp3) is 0.130. The van der Waals surface area contributed by atoms with E-state index in [0.717, 1.165) is 11.5 Å². The molecule has 0 fully saturated rings. The first-order valence-corrected chi connectivity index (χ1v) is 9.18. The van der Waals surface area contributed by atoms with Crippen LogP contribution in [0.1, 0.15) is 27.6 Å². The van der Waals surface area contributed by atoms with Crippen LogP contribution in [0.3, 0.4) is 0 Å². The zero-order valence-corrected chi connectivity index (χ0v) is 16.3. The molecular formula is C23H22N2O4. The molecule has 0 saturated heterocycles. The summed E-state index contributed by atoms with van der Waals surface area (Å²) in [6.07, 6.45) is 0. The maximum Gasteiger partial charge on any atom is 0.255 e. The predicted molar refractivity (Wildman–Crippen MR) is 113 cm³/mol. The number of anilines is 2. The Kier molecular flexibility index (Phi) is 6.47. The molecule has 0 heterocycles. The fourth-order valence-electron chi connectivity index (χ4n) is 2.66. The lowest BCUT2D eigenvalue weighted by atomic mass is 10.1. The number of carbonyl (C=O) groups excluding carboxylic acids is 2. The summed E-state index contributed by atoms with van der Waals surface area (Å²) in [5, 5.41) is 5.63. The van der Waals surface area contributed by atoms with Gasteiger partial charge in [0.2, 0.25) is 0 Å². The quantitative estimate of drug-likeness (QED) is 0.618. The van der Waals surface area contributed by atoms with E-state index in [0.29, 0.717) is 29.1 Å². The van der Waals surface area contributed by atoms with E-state index in [1.165, 1.54) is 0 Å². The molecule has 0 unspecified atom stereocenters. The number of rotatable bonds is 7. The third-order valence-corrected chi connectivity index (χ3v) is 4.18. The molecule has 0 saturated carbocycles. The first-order valence-electron chi connectivity index (χ1n) is 9.18. The van der Waals surface area contributed by atoms with E-state index in [-0.39, 0.29) is 11.8 Å². The Morgan fingerprint density at radius 3 is 1.55 bits per heavy atom. The van der Waals surface area contributed by atoms with E-state index < -0.39 is 0 Å². The van der Waals surface area contributed by atoms with Crippen molar-refractivity contribution in [3.8, 4) is 11.5 Å². The summed E-state index contributed by atoms with van der Waals surface area (Å²) in [5.74, 6) is 0.968. The van der Waals surface area contributed by atoms with Crippen molar-refractivity contribution in [1.82, 2.24) is 0 Å². The van der Waals surface area contributed by atoms with Gasteiger partial charge in [-0.05, 0) is 79.7 Å². The normalized spacial score (nSPS) is 10.1. The highest BCUT2D eigenvalue weighted by Crippen LogP contribution is 2.18. The van der Waals surface area contributed by atoms with Gasteiger partial charge in [0.05, 0.1) is 13.7 Å². The predicted octanol–water partition coefficient (Wildman–Crippen LogP) is 4.60. The first-order chi connectivity index (χ1) is 14.1. The number of nitrogens with one attached hydrogen (secondary N) is 2. The summed E-state index contributed by atoms with van der Waals surface area (Å²) in [5.41, 5.74) is 2.28. The van der Waals surface area contributed by atoms with Crippen LogP contribution in [0, 0.1) is 0 Å². The minimum Gasteiger partial charge on any atom is -0.497 e. The second kappa shape index (κ2) is 9.41. The van der Waals surface area contributed by atoms with Crippen molar-refractivity contribution in [3.63, 3.8) is 0 Å². The molecule has 6 nitrogen and oxygen atoms in total. The number of hydrogen-bond donors (Lipinski definition) is 2. The van der Waals surface area contributed by atoms with Gasteiger partial charge in [0, 0.05) is 22.5 Å². The molecule has 0 radical (unpaired) electrons. The smallest absolute Gasteiger partial charge is 0.255 e. The molecule has 0 atom stereocenters. The Morgan fingerprint density at radius 2 is 1.10 bits per heavy atom. The van der Waals surface area contributed by atoms with Crippen molar-refractivity contribution in [2.45, 2.75) is 6.92 Å². The maximum absolute atomic E-state index is 12.4. The van der Waals surface area contributed by atoms with Crippen molar-refractivity contribution in [2.75, 3.05) is 24.4 Å². The molecular weight excluding hydrogens is 368 g/mol. The van der Waals surface area contributed by atoms with Gasteiger partial charge < -0.3 is 20.1 Å². The van der Waals surface area contributed by atoms with Crippen molar-refractivity contribution in [3.05, 3.63) is 83.9 Å². The van der Waals surface area contributed by atoms with Crippen molar-refractivity contribution >= 4 is 23.2 Å². The summed E-state index contributed by atoms with van der Waals surface area (Å²) >= 11 is 0. The SMILES string of the molecule is CCOc1ccc(C(=O)Nc2ccc(C(=O)Nc3ccc(OC)cc3)cc2)cc1. The Balaban J connectivity index is 1.60. The molecule has 0 aliphatic carbocycles. The Morgan fingerprint density at radius 1 is 0.690 bits per heavy atom. The van der Waals surface area contributed by atoms with Gasteiger partial charge in [-0.15, -0.1) is 0 Å². The van der Waals surface area contributed by atoms with Crippen molar-refractivity contribution < 1.29 is 19.1 Å². The zero-order chi connectivity index (χ0) is 20.6. The molecule has 29 heavy (non-hydrogen) atoms. The zero-order valence-electron chi connectivity index (χ0n) is 16.3. The highest BCUT2D eigenvalue weighted by Gasteiger charge is 2.09. The number of carbonyl (C=O) groups is 2. The van der Waals surface area contributed by atoms with E-state index in [9.17, 15) is 9.59 Å². The van der Waals surface area contributed by atoms with Gasteiger partial charge in [0.25, 0.3) is 11.8 Å². The molecule has 148 valence electrons. The molecule has 0 aliphatic heterocycles. The highest BCUT2D eigenvalue weighted by atomic mass is 16.5. The van der Waals surface area contributed by atoms with Crippen LogP contribution in [0.25, 0.3) is 0 Å². The largest absolute Gasteiger partial charge is 0.497 e. The molecule has 3 aromatic rings. The van der Waals surface area contributed by atoms with Crippen molar-refractivity contribution in [1.29, 1.82) is 0 Å². The van der Waals surface area contributed by atoms with Crippen LogP contribution >= 0.6 is 0 Å². The lowest BCUT2D eigenvalue weighted by Crippen LogP contribution is -2.13. The fourth-order valence-corrected chi connectivity index (χ4v) is 2.66. The maximum atomic E-state index is 12.4. The minimum absolute atomic E-state index is 0.233. The number of methoxy groups -OCH3 is 1. The molecule has 6 heteroatoms. The number of amides is 2. The average Bonchev–Trinajstić information content (AvgIpc) is 2.75. The van der Waals surface area contributed by atoms with Crippen LogP contribution in [-0.4, -0.2) is 25.5 Å². The second-order valence-electron chi connectivity index (χ2n) is 6.17. The van der Waals surface area contributed by atoms with E-state index in [2.05, 4.69) is 10.6 Å². The standard InChI is InChI=1S/C23H22N2O4/c1-3-29-21-12-6-17(7-13-21)23(27)24-18-8-4-16(5-9-18)22(26)25-19-10-14-20(28-2)15-11-19/h4-15H,3H2,1-2H3,(H,24,27)(H,25,26). The van der Waals surface area contributed by atoms with Crippen LogP contribution in [0.5, 0.6) is 11.5 Å². The van der Waals surface area contributed by atoms with Gasteiger partial charge in [0.1, 0.15) is 11.5 Å². The van der Waals surface area contributed by atoms with E-state index in [4.69, 9.17) is 9.47 Å². The summed E-state index contributed by atoms with van der Waals surface area (Å²) in [6, 6.07) is 20.7. The number of hydrogen-bond acceptors (Lipinski definition) is 4. The van der Waals surface area contributed by atoms with Crippen LogP contribution in [-0.2, 0) is 0 Å². The molecule has 3 rings (SSSR count). The lowest BCUT2D eigenvalue weighted by molar-refractivity contribution is 0.102. The van der Waals surface area contributed by atoms with Gasteiger partial charge in [-0.3, -0.25) is 9.59 Å².